The van der Waals surface area contributed by atoms with Crippen molar-refractivity contribution in [2.45, 2.75) is 43.6 Å². The number of ether oxygens (including phenoxy) is 4. The number of amides is 2. The van der Waals surface area contributed by atoms with Gasteiger partial charge in [-0.15, -0.1) is 0 Å². The lowest BCUT2D eigenvalue weighted by Crippen LogP contribution is -2.53. The molecule has 4 rings (SSSR count). The maximum atomic E-state index is 14.1. The lowest BCUT2D eigenvalue weighted by molar-refractivity contribution is -0.218. The Labute approximate surface area is 253 Å². The third-order valence-corrected chi connectivity index (χ3v) is 8.00. The Balaban J connectivity index is 1.52. The van der Waals surface area contributed by atoms with Gasteiger partial charge < -0.3 is 29.2 Å². The quantitative estimate of drug-likeness (QED) is 0.280. The summed E-state index contributed by atoms with van der Waals surface area (Å²) in [6.07, 6.45) is 0.103. The Kier molecular flexibility index (Phi) is 11.8. The zero-order valence-electron chi connectivity index (χ0n) is 23.2. The monoisotopic (exact) mass is 645 g/mol. The number of nitrogens with zero attached hydrogens (tertiary/aromatic N) is 1. The SMILES string of the molecule is O=C1C=C(Br)[C@](O)(CCCOCCOCCO)O[C@@H]1[C@H](Cc1ccccc1)C(=O)N1C(=O)OC[C@H]1Cc1ccccc1. The highest BCUT2D eigenvalue weighted by Gasteiger charge is 2.49. The minimum atomic E-state index is -1.88. The fourth-order valence-electron chi connectivity index (χ4n) is 5.04. The molecule has 2 aromatic rings. The van der Waals surface area contributed by atoms with E-state index in [0.717, 1.165) is 16.0 Å². The first-order valence-corrected chi connectivity index (χ1v) is 14.8. The van der Waals surface area contributed by atoms with Crippen LogP contribution in [0.1, 0.15) is 24.0 Å². The van der Waals surface area contributed by atoms with Gasteiger partial charge >= 0.3 is 6.09 Å². The fraction of sp³-hybridized carbons (Fsp3) is 0.452. The number of carbonyl (C=O) groups is 3. The average molecular weight is 647 g/mol. The van der Waals surface area contributed by atoms with Gasteiger partial charge in [0.25, 0.3) is 0 Å². The summed E-state index contributed by atoms with van der Waals surface area (Å²) in [5, 5.41) is 20.2. The van der Waals surface area contributed by atoms with Gasteiger partial charge in [-0.05, 0) is 52.4 Å². The zero-order chi connectivity index (χ0) is 30.0. The third-order valence-electron chi connectivity index (χ3n) is 7.15. The molecular formula is C31H36BrNO9. The molecule has 0 saturated carbocycles. The first-order valence-electron chi connectivity index (χ1n) is 14.0. The number of halogens is 1. The molecule has 1 saturated heterocycles. The van der Waals surface area contributed by atoms with Crippen molar-refractivity contribution in [2.75, 3.05) is 39.6 Å². The van der Waals surface area contributed by atoms with Crippen LogP contribution in [0.15, 0.2) is 71.2 Å². The van der Waals surface area contributed by atoms with Gasteiger partial charge in [0.15, 0.2) is 11.6 Å². The van der Waals surface area contributed by atoms with Crippen LogP contribution in [-0.4, -0.2) is 90.5 Å². The highest BCUT2D eigenvalue weighted by molar-refractivity contribution is 9.11. The van der Waals surface area contributed by atoms with Gasteiger partial charge in [0.1, 0.15) is 12.7 Å². The maximum Gasteiger partial charge on any atom is 0.416 e. The topological polar surface area (TPSA) is 132 Å². The summed E-state index contributed by atoms with van der Waals surface area (Å²) >= 11 is 3.28. The van der Waals surface area contributed by atoms with Crippen LogP contribution < -0.4 is 0 Å². The summed E-state index contributed by atoms with van der Waals surface area (Å²) < 4.78 is 22.2. The summed E-state index contributed by atoms with van der Waals surface area (Å²) in [7, 11) is 0. The fourth-order valence-corrected chi connectivity index (χ4v) is 5.56. The van der Waals surface area contributed by atoms with Gasteiger partial charge in [-0.3, -0.25) is 9.59 Å². The third kappa shape index (κ3) is 8.33. The lowest BCUT2D eigenvalue weighted by Gasteiger charge is -2.38. The first kappa shape index (κ1) is 32.0. The second kappa shape index (κ2) is 15.5. The molecule has 0 bridgehead atoms. The molecule has 10 nitrogen and oxygen atoms in total. The van der Waals surface area contributed by atoms with E-state index in [-0.39, 0.29) is 37.1 Å². The van der Waals surface area contributed by atoms with Crippen molar-refractivity contribution in [3.05, 3.63) is 82.3 Å². The standard InChI is InChI=1S/C31H36BrNO9/c32-27-20-26(35)28(42-31(27,38)12-7-14-39-16-17-40-15-13-34)25(19-23-10-5-2-6-11-23)29(36)33-24(21-41-30(33)37)18-22-8-3-1-4-9-22/h1-6,8-11,20,24-25,28,34,38H,7,12-19,21H2/t24-,25+,28-,31+/m1/s1. The molecule has 4 atom stereocenters. The van der Waals surface area contributed by atoms with Crippen LogP contribution in [0.3, 0.4) is 0 Å². The van der Waals surface area contributed by atoms with Crippen molar-refractivity contribution < 1.29 is 43.5 Å². The van der Waals surface area contributed by atoms with E-state index < -0.39 is 41.6 Å². The van der Waals surface area contributed by atoms with Gasteiger partial charge in [-0.2, -0.15) is 0 Å². The summed E-state index contributed by atoms with van der Waals surface area (Å²) in [5.41, 5.74) is 1.71. The van der Waals surface area contributed by atoms with Crippen molar-refractivity contribution >= 4 is 33.7 Å². The minimum absolute atomic E-state index is 0.0391. The molecule has 0 radical (unpaired) electrons. The van der Waals surface area contributed by atoms with E-state index in [1.54, 1.807) is 0 Å². The normalized spacial score (nSPS) is 23.0. The first-order chi connectivity index (χ1) is 20.3. The van der Waals surface area contributed by atoms with E-state index in [9.17, 15) is 19.5 Å². The van der Waals surface area contributed by atoms with Crippen molar-refractivity contribution in [3.8, 4) is 0 Å². The molecule has 2 aliphatic rings. The number of rotatable bonds is 15. The van der Waals surface area contributed by atoms with Gasteiger partial charge in [0.2, 0.25) is 5.91 Å². The van der Waals surface area contributed by atoms with Crippen molar-refractivity contribution in [1.82, 2.24) is 4.90 Å². The molecule has 0 unspecified atom stereocenters. The highest BCUT2D eigenvalue weighted by Crippen LogP contribution is 2.38. The second-order valence-electron chi connectivity index (χ2n) is 10.2. The van der Waals surface area contributed by atoms with Crippen LogP contribution in [0.2, 0.25) is 0 Å². The number of aliphatic hydroxyl groups excluding tert-OH is 1. The number of hydrogen-bond donors (Lipinski definition) is 2. The number of aliphatic hydroxyl groups is 2. The highest BCUT2D eigenvalue weighted by atomic mass is 79.9. The van der Waals surface area contributed by atoms with Crippen molar-refractivity contribution in [3.63, 3.8) is 0 Å². The Morgan fingerprint density at radius 2 is 1.64 bits per heavy atom. The van der Waals surface area contributed by atoms with E-state index in [2.05, 4.69) is 15.9 Å². The second-order valence-corrected chi connectivity index (χ2v) is 11.0. The molecule has 0 aromatic heterocycles. The van der Waals surface area contributed by atoms with Gasteiger partial charge in [0.05, 0.1) is 42.9 Å². The van der Waals surface area contributed by atoms with Crippen LogP contribution >= 0.6 is 15.9 Å². The number of benzene rings is 2. The van der Waals surface area contributed by atoms with E-state index in [1.165, 1.54) is 6.08 Å². The van der Waals surface area contributed by atoms with Crippen LogP contribution in [0.4, 0.5) is 4.79 Å². The Morgan fingerprint density at radius 1 is 1.00 bits per heavy atom. The predicted molar refractivity (Wildman–Crippen MR) is 156 cm³/mol. The van der Waals surface area contributed by atoms with Crippen molar-refractivity contribution in [2.24, 2.45) is 5.92 Å². The number of hydrogen-bond acceptors (Lipinski definition) is 9. The zero-order valence-corrected chi connectivity index (χ0v) is 24.8. The number of cyclic esters (lactones) is 1. The van der Waals surface area contributed by atoms with Crippen molar-refractivity contribution in [1.29, 1.82) is 0 Å². The molecule has 1 fully saturated rings. The van der Waals surface area contributed by atoms with E-state index >= 15 is 0 Å². The van der Waals surface area contributed by atoms with Gasteiger partial charge in [-0.25, -0.2) is 9.69 Å². The number of carbonyl (C=O) groups excluding carboxylic acids is 3. The van der Waals surface area contributed by atoms with Gasteiger partial charge in [0, 0.05) is 13.0 Å². The minimum Gasteiger partial charge on any atom is -0.447 e. The Bertz CT molecular complexity index is 1230. The molecule has 2 N–H and O–H groups in total. The summed E-state index contributed by atoms with van der Waals surface area (Å²) in [5.74, 6) is -4.07. The molecule has 42 heavy (non-hydrogen) atoms. The molecule has 11 heteroatoms. The number of ketones is 1. The molecule has 226 valence electrons. The molecule has 2 amide bonds. The molecule has 0 aliphatic carbocycles. The summed E-state index contributed by atoms with van der Waals surface area (Å²) in [6.45, 7) is 1.15. The predicted octanol–water partition coefficient (Wildman–Crippen LogP) is 3.18. The summed E-state index contributed by atoms with van der Waals surface area (Å²) in [6, 6.07) is 18.1. The Hall–Kier alpha value is -2.93. The summed E-state index contributed by atoms with van der Waals surface area (Å²) in [4.78, 5) is 41.4. The molecule has 0 spiro atoms. The van der Waals surface area contributed by atoms with Crippen LogP contribution in [-0.2, 0) is 41.4 Å². The average Bonchev–Trinajstić information content (AvgIpc) is 3.35. The smallest absolute Gasteiger partial charge is 0.416 e. The van der Waals surface area contributed by atoms with Crippen LogP contribution in [0.5, 0.6) is 0 Å². The molecule has 2 aromatic carbocycles. The van der Waals surface area contributed by atoms with E-state index in [0.29, 0.717) is 32.7 Å². The Morgan fingerprint density at radius 3 is 2.31 bits per heavy atom. The largest absolute Gasteiger partial charge is 0.447 e. The van der Waals surface area contributed by atoms with Crippen LogP contribution in [0, 0.1) is 5.92 Å². The van der Waals surface area contributed by atoms with Gasteiger partial charge in [-0.1, -0.05) is 60.7 Å². The molecular weight excluding hydrogens is 610 g/mol. The maximum absolute atomic E-state index is 14.1. The number of imide groups is 1. The van der Waals surface area contributed by atoms with E-state index in [4.69, 9.17) is 24.1 Å². The molecule has 2 heterocycles. The van der Waals surface area contributed by atoms with E-state index in [1.807, 2.05) is 60.7 Å². The van der Waals surface area contributed by atoms with Crippen LogP contribution in [0.25, 0.3) is 0 Å². The lowest BCUT2D eigenvalue weighted by atomic mass is 9.87. The molecule has 2 aliphatic heterocycles.